The van der Waals surface area contributed by atoms with Crippen molar-refractivity contribution in [1.29, 1.82) is 0 Å². The van der Waals surface area contributed by atoms with Crippen LogP contribution in [0, 0.1) is 11.8 Å². The Bertz CT molecular complexity index is 121. The van der Waals surface area contributed by atoms with Crippen LogP contribution in [0.3, 0.4) is 0 Å². The zero-order valence-corrected chi connectivity index (χ0v) is 7.85. The molecule has 0 bridgehead atoms. The topological polar surface area (TPSA) is 32.3 Å². The Kier molecular flexibility index (Phi) is 3.69. The summed E-state index contributed by atoms with van der Waals surface area (Å²) in [6.07, 6.45) is 1.14. The molecule has 0 aromatic rings. The molecular formula is C8H17NOS. The molecule has 0 amide bonds. The fourth-order valence-electron chi connectivity index (χ4n) is 1.53. The summed E-state index contributed by atoms with van der Waals surface area (Å²) in [5.74, 6) is 1.02. The van der Waals surface area contributed by atoms with Gasteiger partial charge in [0.15, 0.2) is 0 Å². The Morgan fingerprint density at radius 3 is 2.91 bits per heavy atom. The van der Waals surface area contributed by atoms with E-state index in [1.165, 1.54) is 0 Å². The molecule has 1 aliphatic rings. The lowest BCUT2D eigenvalue weighted by molar-refractivity contribution is 0.170. The lowest BCUT2D eigenvalue weighted by Crippen LogP contribution is -2.40. The van der Waals surface area contributed by atoms with Crippen LogP contribution >= 0.6 is 12.6 Å². The van der Waals surface area contributed by atoms with Crippen LogP contribution in [0.15, 0.2) is 0 Å². The first-order chi connectivity index (χ1) is 5.24. The Morgan fingerprint density at radius 2 is 2.36 bits per heavy atom. The van der Waals surface area contributed by atoms with E-state index in [9.17, 15) is 0 Å². The van der Waals surface area contributed by atoms with Gasteiger partial charge < -0.3 is 10.4 Å². The molecule has 3 heteroatoms. The van der Waals surface area contributed by atoms with Crippen molar-refractivity contribution in [2.45, 2.75) is 18.6 Å². The van der Waals surface area contributed by atoms with Gasteiger partial charge in [0.25, 0.3) is 0 Å². The second-order valence-corrected chi connectivity index (χ2v) is 4.20. The summed E-state index contributed by atoms with van der Waals surface area (Å²) in [5, 5.41) is 12.7. The highest BCUT2D eigenvalue weighted by Crippen LogP contribution is 2.21. The molecule has 1 fully saturated rings. The SMILES string of the molecule is CC(CO)C1CNCC(S)C1. The first kappa shape index (κ1) is 9.36. The van der Waals surface area contributed by atoms with Gasteiger partial charge in [-0.15, -0.1) is 0 Å². The minimum Gasteiger partial charge on any atom is -0.396 e. The van der Waals surface area contributed by atoms with Gasteiger partial charge in [0.05, 0.1) is 0 Å². The van der Waals surface area contributed by atoms with Crippen molar-refractivity contribution < 1.29 is 5.11 Å². The van der Waals surface area contributed by atoms with Crippen LogP contribution < -0.4 is 5.32 Å². The number of thiol groups is 1. The van der Waals surface area contributed by atoms with Gasteiger partial charge in [0, 0.05) is 18.4 Å². The zero-order chi connectivity index (χ0) is 8.27. The second kappa shape index (κ2) is 4.33. The van der Waals surface area contributed by atoms with Crippen LogP contribution in [-0.4, -0.2) is 30.1 Å². The maximum Gasteiger partial charge on any atom is 0.0459 e. The smallest absolute Gasteiger partial charge is 0.0459 e. The predicted molar refractivity (Wildman–Crippen MR) is 50.0 cm³/mol. The molecule has 1 rings (SSSR count). The molecule has 3 unspecified atom stereocenters. The standard InChI is InChI=1S/C8H17NOS/c1-6(5-10)7-2-8(11)4-9-3-7/h6-11H,2-5H2,1H3. The molecule has 66 valence electrons. The van der Waals surface area contributed by atoms with Crippen molar-refractivity contribution in [3.05, 3.63) is 0 Å². The molecular weight excluding hydrogens is 158 g/mol. The average molecular weight is 175 g/mol. The van der Waals surface area contributed by atoms with Crippen molar-refractivity contribution in [2.24, 2.45) is 11.8 Å². The number of hydrogen-bond acceptors (Lipinski definition) is 3. The Balaban J connectivity index is 2.33. The minimum absolute atomic E-state index is 0.298. The van der Waals surface area contributed by atoms with E-state index in [4.69, 9.17) is 5.11 Å². The summed E-state index contributed by atoms with van der Waals surface area (Å²) in [6.45, 7) is 4.45. The van der Waals surface area contributed by atoms with Crippen molar-refractivity contribution in [2.75, 3.05) is 19.7 Å². The number of aliphatic hydroxyl groups excluding tert-OH is 1. The van der Waals surface area contributed by atoms with Gasteiger partial charge in [0.2, 0.25) is 0 Å². The molecule has 0 aliphatic carbocycles. The van der Waals surface area contributed by atoms with Crippen LogP contribution in [0.4, 0.5) is 0 Å². The largest absolute Gasteiger partial charge is 0.396 e. The van der Waals surface area contributed by atoms with Crippen molar-refractivity contribution in [3.63, 3.8) is 0 Å². The third kappa shape index (κ3) is 2.65. The third-order valence-corrected chi connectivity index (χ3v) is 2.85. The molecule has 0 spiro atoms. The first-order valence-electron chi connectivity index (χ1n) is 4.23. The van der Waals surface area contributed by atoms with Gasteiger partial charge in [-0.1, -0.05) is 6.92 Å². The van der Waals surface area contributed by atoms with Gasteiger partial charge in [-0.2, -0.15) is 12.6 Å². The highest BCUT2D eigenvalue weighted by atomic mass is 32.1. The summed E-state index contributed by atoms with van der Waals surface area (Å²) >= 11 is 4.41. The monoisotopic (exact) mass is 175 g/mol. The normalized spacial score (nSPS) is 35.2. The average Bonchev–Trinajstić information content (AvgIpc) is 2.03. The van der Waals surface area contributed by atoms with E-state index < -0.39 is 0 Å². The van der Waals surface area contributed by atoms with E-state index in [0.717, 1.165) is 19.5 Å². The number of hydrogen-bond donors (Lipinski definition) is 3. The molecule has 1 saturated heterocycles. The molecule has 0 saturated carbocycles. The summed E-state index contributed by atoms with van der Waals surface area (Å²) in [4.78, 5) is 0. The van der Waals surface area contributed by atoms with Gasteiger partial charge in [0.1, 0.15) is 0 Å². The second-order valence-electron chi connectivity index (χ2n) is 3.47. The van der Waals surface area contributed by atoms with Crippen molar-refractivity contribution >= 4 is 12.6 Å². The van der Waals surface area contributed by atoms with E-state index >= 15 is 0 Å². The van der Waals surface area contributed by atoms with E-state index in [-0.39, 0.29) is 0 Å². The lowest BCUT2D eigenvalue weighted by Gasteiger charge is -2.30. The Labute approximate surface area is 73.8 Å². The lowest BCUT2D eigenvalue weighted by atomic mass is 9.88. The van der Waals surface area contributed by atoms with E-state index in [1.54, 1.807) is 0 Å². The molecule has 2 N–H and O–H groups in total. The quantitative estimate of drug-likeness (QED) is 0.535. The zero-order valence-electron chi connectivity index (χ0n) is 6.95. The maximum atomic E-state index is 8.92. The van der Waals surface area contributed by atoms with Gasteiger partial charge in [-0.25, -0.2) is 0 Å². The van der Waals surface area contributed by atoms with Crippen LogP contribution in [0.1, 0.15) is 13.3 Å². The summed E-state index contributed by atoms with van der Waals surface area (Å²) < 4.78 is 0. The molecule has 0 aromatic heterocycles. The van der Waals surface area contributed by atoms with Gasteiger partial charge in [-0.3, -0.25) is 0 Å². The number of aliphatic hydroxyl groups is 1. The molecule has 1 aliphatic heterocycles. The maximum absolute atomic E-state index is 8.92. The highest BCUT2D eigenvalue weighted by molar-refractivity contribution is 7.81. The Morgan fingerprint density at radius 1 is 1.64 bits per heavy atom. The van der Waals surface area contributed by atoms with Crippen LogP contribution in [0.2, 0.25) is 0 Å². The highest BCUT2D eigenvalue weighted by Gasteiger charge is 2.23. The molecule has 3 atom stereocenters. The Hall–Kier alpha value is 0.270. The van der Waals surface area contributed by atoms with Crippen molar-refractivity contribution in [3.8, 4) is 0 Å². The predicted octanol–water partition coefficient (Wildman–Crippen LogP) is 0.523. The minimum atomic E-state index is 0.298. The molecule has 0 radical (unpaired) electrons. The van der Waals surface area contributed by atoms with Crippen molar-refractivity contribution in [1.82, 2.24) is 5.32 Å². The summed E-state index contributed by atoms with van der Waals surface area (Å²) in [7, 11) is 0. The summed E-state index contributed by atoms with van der Waals surface area (Å²) in [6, 6.07) is 0. The van der Waals surface area contributed by atoms with Crippen LogP contribution in [-0.2, 0) is 0 Å². The molecule has 11 heavy (non-hydrogen) atoms. The fourth-order valence-corrected chi connectivity index (χ4v) is 1.93. The van der Waals surface area contributed by atoms with Crippen LogP contribution in [0.25, 0.3) is 0 Å². The summed E-state index contributed by atoms with van der Waals surface area (Å²) in [5.41, 5.74) is 0. The first-order valence-corrected chi connectivity index (χ1v) is 4.75. The number of rotatable bonds is 2. The van der Waals surface area contributed by atoms with E-state index in [1.807, 2.05) is 0 Å². The van der Waals surface area contributed by atoms with Gasteiger partial charge in [-0.05, 0) is 24.8 Å². The molecule has 1 heterocycles. The fraction of sp³-hybridized carbons (Fsp3) is 1.00. The molecule has 2 nitrogen and oxygen atoms in total. The number of nitrogens with one attached hydrogen (secondary N) is 1. The molecule has 0 aromatic carbocycles. The van der Waals surface area contributed by atoms with Gasteiger partial charge >= 0.3 is 0 Å². The van der Waals surface area contributed by atoms with E-state index in [2.05, 4.69) is 24.9 Å². The van der Waals surface area contributed by atoms with Crippen LogP contribution in [0.5, 0.6) is 0 Å². The van der Waals surface area contributed by atoms with E-state index in [0.29, 0.717) is 23.7 Å². The third-order valence-electron chi connectivity index (χ3n) is 2.45. The number of piperidine rings is 1.